The highest BCUT2D eigenvalue weighted by Gasteiger charge is 2.48. The lowest BCUT2D eigenvalue weighted by atomic mass is 10.1. The second-order valence-corrected chi connectivity index (χ2v) is 7.14. The van der Waals surface area contributed by atoms with Crippen LogP contribution in [0.1, 0.15) is 25.6 Å². The monoisotopic (exact) mass is 413 g/mol. The minimum Gasteiger partial charge on any atom is -0.324 e. The van der Waals surface area contributed by atoms with E-state index in [1.807, 2.05) is 6.92 Å². The van der Waals surface area contributed by atoms with Gasteiger partial charge in [0.25, 0.3) is 0 Å². The summed E-state index contributed by atoms with van der Waals surface area (Å²) in [4.78, 5) is 29.6. The van der Waals surface area contributed by atoms with Gasteiger partial charge in [-0.1, -0.05) is 30.8 Å². The zero-order valence-corrected chi connectivity index (χ0v) is 15.7. The van der Waals surface area contributed by atoms with Gasteiger partial charge in [-0.2, -0.15) is 13.2 Å². The fourth-order valence-corrected chi connectivity index (χ4v) is 3.56. The maximum Gasteiger partial charge on any atom is 0.409 e. The summed E-state index contributed by atoms with van der Waals surface area (Å²) in [5.74, 6) is -1.21. The highest BCUT2D eigenvalue weighted by molar-refractivity contribution is 7.99. The number of nitrogens with zero attached hydrogens (tertiary/aromatic N) is 3. The second-order valence-electron chi connectivity index (χ2n) is 6.19. The van der Waals surface area contributed by atoms with Gasteiger partial charge in [0.1, 0.15) is 11.9 Å². The number of nitrogens with one attached hydrogen (secondary N) is 2. The molecule has 2 aromatic rings. The van der Waals surface area contributed by atoms with Gasteiger partial charge in [0, 0.05) is 6.42 Å². The number of para-hydroxylation sites is 2. The Morgan fingerprint density at radius 2 is 2.11 bits per heavy atom. The third kappa shape index (κ3) is 4.46. The summed E-state index contributed by atoms with van der Waals surface area (Å²) in [6.45, 7) is 1.97. The molecule has 0 saturated heterocycles. The van der Waals surface area contributed by atoms with Crippen molar-refractivity contribution < 1.29 is 22.8 Å². The van der Waals surface area contributed by atoms with Crippen LogP contribution in [0.4, 0.5) is 24.5 Å². The van der Waals surface area contributed by atoms with Crippen LogP contribution in [0.2, 0.25) is 0 Å². The minimum absolute atomic E-state index is 0.0166. The van der Waals surface area contributed by atoms with Crippen molar-refractivity contribution in [3.05, 3.63) is 30.1 Å². The van der Waals surface area contributed by atoms with E-state index in [1.165, 1.54) is 18.2 Å². The molecule has 150 valence electrons. The van der Waals surface area contributed by atoms with Crippen molar-refractivity contribution in [3.63, 3.8) is 0 Å². The Morgan fingerprint density at radius 1 is 1.36 bits per heavy atom. The van der Waals surface area contributed by atoms with Crippen LogP contribution >= 0.6 is 11.8 Å². The number of hydrogen-bond acceptors (Lipinski definition) is 5. The summed E-state index contributed by atoms with van der Waals surface area (Å²) < 4.78 is 40.9. The summed E-state index contributed by atoms with van der Waals surface area (Å²) in [5, 5.41) is 9.42. The first-order valence-corrected chi connectivity index (χ1v) is 9.60. The first-order valence-electron chi connectivity index (χ1n) is 8.61. The maximum absolute atomic E-state index is 13.6. The predicted molar refractivity (Wildman–Crippen MR) is 98.1 cm³/mol. The van der Waals surface area contributed by atoms with E-state index in [0.29, 0.717) is 17.1 Å². The molecule has 0 saturated carbocycles. The molecule has 0 aliphatic carbocycles. The van der Waals surface area contributed by atoms with Gasteiger partial charge in [0.2, 0.25) is 17.0 Å². The van der Waals surface area contributed by atoms with Gasteiger partial charge in [-0.3, -0.25) is 19.6 Å². The molecule has 0 unspecified atom stereocenters. The molecule has 0 bridgehead atoms. The van der Waals surface area contributed by atoms with Crippen molar-refractivity contribution in [3.8, 4) is 0 Å². The first kappa shape index (κ1) is 20.2. The Labute approximate surface area is 163 Å². The number of aryl methyl sites for hydroxylation is 1. The number of rotatable bonds is 5. The van der Waals surface area contributed by atoms with Gasteiger partial charge in [0.05, 0.1) is 23.5 Å². The summed E-state index contributed by atoms with van der Waals surface area (Å²) in [5.41, 5.74) is 0.184. The first-order chi connectivity index (χ1) is 13.3. The molecular formula is C17H18F3N5O2S. The van der Waals surface area contributed by atoms with E-state index in [2.05, 4.69) is 20.5 Å². The van der Waals surface area contributed by atoms with Crippen LogP contribution in [-0.2, 0) is 16.0 Å². The van der Waals surface area contributed by atoms with Crippen molar-refractivity contribution in [2.24, 2.45) is 0 Å². The van der Waals surface area contributed by atoms with Gasteiger partial charge < -0.3 is 5.32 Å². The van der Waals surface area contributed by atoms with Gasteiger partial charge in [-0.15, -0.1) is 5.10 Å². The van der Waals surface area contributed by atoms with E-state index in [1.54, 1.807) is 6.07 Å². The van der Waals surface area contributed by atoms with Gasteiger partial charge in [0.15, 0.2) is 0 Å². The molecular weight excluding hydrogens is 395 g/mol. The minimum atomic E-state index is -4.76. The number of fused-ring (bicyclic) bond motifs is 1. The van der Waals surface area contributed by atoms with E-state index >= 15 is 0 Å². The van der Waals surface area contributed by atoms with Crippen LogP contribution in [0.25, 0.3) is 0 Å². The lowest BCUT2D eigenvalue weighted by Crippen LogP contribution is -2.50. The van der Waals surface area contributed by atoms with Gasteiger partial charge >= 0.3 is 6.18 Å². The van der Waals surface area contributed by atoms with Crippen molar-refractivity contribution in [1.29, 1.82) is 0 Å². The average Bonchev–Trinajstić information content (AvgIpc) is 3.01. The van der Waals surface area contributed by atoms with Crippen molar-refractivity contribution in [2.45, 2.75) is 43.6 Å². The predicted octanol–water partition coefficient (Wildman–Crippen LogP) is 3.16. The third-order valence-electron chi connectivity index (χ3n) is 4.10. The van der Waals surface area contributed by atoms with Crippen molar-refractivity contribution in [1.82, 2.24) is 15.2 Å². The van der Waals surface area contributed by atoms with Crippen LogP contribution in [0.15, 0.2) is 29.4 Å². The number of aromatic nitrogens is 3. The van der Waals surface area contributed by atoms with E-state index in [9.17, 15) is 22.8 Å². The number of hydrogen-bond donors (Lipinski definition) is 2. The lowest BCUT2D eigenvalue weighted by Gasteiger charge is -2.31. The number of amides is 2. The molecule has 7 nitrogen and oxygen atoms in total. The quantitative estimate of drug-likeness (QED) is 0.735. The second kappa shape index (κ2) is 8.21. The fourth-order valence-electron chi connectivity index (χ4n) is 2.88. The number of thioether (sulfide) groups is 1. The Morgan fingerprint density at radius 3 is 2.82 bits per heavy atom. The number of alkyl halides is 3. The smallest absolute Gasteiger partial charge is 0.324 e. The fraction of sp³-hybridized carbons (Fsp3) is 0.412. The van der Waals surface area contributed by atoms with Crippen LogP contribution in [0.5, 0.6) is 0 Å². The number of halogens is 3. The standard InChI is InChI=1S/C17H18F3N5O2S/c1-2-5-13-22-16(24-23-13)28-9-15(27)25-11-7-4-3-6-10(11)21-14(26)8-12(25)17(18,19)20/h3-4,6-7,12H,2,5,8-9H2,1H3,(H,21,26)(H,22,23,24)/t12-/m1/s1. The molecule has 0 fully saturated rings. The Kier molecular flexibility index (Phi) is 5.92. The van der Waals surface area contributed by atoms with Gasteiger partial charge in [-0.25, -0.2) is 4.98 Å². The molecule has 3 rings (SSSR count). The summed E-state index contributed by atoms with van der Waals surface area (Å²) in [6, 6.07) is 3.70. The highest BCUT2D eigenvalue weighted by atomic mass is 32.2. The molecule has 28 heavy (non-hydrogen) atoms. The van der Waals surface area contributed by atoms with E-state index in [-0.39, 0.29) is 22.3 Å². The summed E-state index contributed by atoms with van der Waals surface area (Å²) in [7, 11) is 0. The molecule has 0 radical (unpaired) electrons. The molecule has 1 atom stereocenters. The molecule has 1 aromatic carbocycles. The number of aromatic amines is 1. The molecule has 1 aliphatic rings. The number of benzene rings is 1. The summed E-state index contributed by atoms with van der Waals surface area (Å²) in [6.07, 6.45) is -4.08. The molecule has 2 amide bonds. The zero-order chi connectivity index (χ0) is 20.3. The molecule has 1 aromatic heterocycles. The van der Waals surface area contributed by atoms with Crippen molar-refractivity contribution >= 4 is 35.0 Å². The maximum atomic E-state index is 13.6. The molecule has 0 spiro atoms. The van der Waals surface area contributed by atoms with Gasteiger partial charge in [-0.05, 0) is 18.6 Å². The van der Waals surface area contributed by atoms with Crippen molar-refractivity contribution in [2.75, 3.05) is 16.0 Å². The zero-order valence-electron chi connectivity index (χ0n) is 14.9. The number of anilines is 2. The summed E-state index contributed by atoms with van der Waals surface area (Å²) >= 11 is 0.946. The Bertz CT molecular complexity index is 870. The average molecular weight is 413 g/mol. The Hall–Kier alpha value is -2.56. The lowest BCUT2D eigenvalue weighted by molar-refractivity contribution is -0.157. The van der Waals surface area contributed by atoms with Crippen LogP contribution < -0.4 is 10.2 Å². The van der Waals surface area contributed by atoms with E-state index < -0.39 is 30.5 Å². The third-order valence-corrected chi connectivity index (χ3v) is 4.93. The highest BCUT2D eigenvalue weighted by Crippen LogP contribution is 2.38. The van der Waals surface area contributed by atoms with Crippen LogP contribution in [0, 0.1) is 0 Å². The largest absolute Gasteiger partial charge is 0.409 e. The molecule has 2 heterocycles. The number of carbonyl (C=O) groups excluding carboxylic acids is 2. The normalized spacial score (nSPS) is 17.1. The molecule has 2 N–H and O–H groups in total. The molecule has 11 heteroatoms. The Balaban J connectivity index is 1.86. The molecule has 1 aliphatic heterocycles. The van der Waals surface area contributed by atoms with E-state index in [4.69, 9.17) is 0 Å². The topological polar surface area (TPSA) is 91.0 Å². The number of carbonyl (C=O) groups is 2. The van der Waals surface area contributed by atoms with Crippen LogP contribution in [-0.4, -0.2) is 45.0 Å². The van der Waals surface area contributed by atoms with Crippen LogP contribution in [0.3, 0.4) is 0 Å². The van der Waals surface area contributed by atoms with E-state index in [0.717, 1.165) is 18.2 Å². The SMILES string of the molecule is CCCc1nc(SCC(=O)N2c3ccccc3NC(=O)C[C@@H]2C(F)(F)F)n[nH]1. The number of H-pyrrole nitrogens is 1.